The summed E-state index contributed by atoms with van der Waals surface area (Å²) in [6.45, 7) is 0.667. The van der Waals surface area contributed by atoms with E-state index < -0.39 is 0 Å². The first kappa shape index (κ1) is 9.90. The summed E-state index contributed by atoms with van der Waals surface area (Å²) in [6.07, 6.45) is 3.55. The second-order valence-corrected chi connectivity index (χ2v) is 3.85. The first-order valence-electron chi connectivity index (χ1n) is 5.53. The molecule has 3 rings (SSSR count). The summed E-state index contributed by atoms with van der Waals surface area (Å²) in [7, 11) is 0. The fraction of sp³-hybridized carbons (Fsp3) is 0.0714. The van der Waals surface area contributed by atoms with Crippen molar-refractivity contribution in [2.24, 2.45) is 0 Å². The van der Waals surface area contributed by atoms with Crippen molar-refractivity contribution in [3.05, 3.63) is 60.6 Å². The van der Waals surface area contributed by atoms with E-state index in [4.69, 9.17) is 4.42 Å². The van der Waals surface area contributed by atoms with Crippen LogP contribution in [0.1, 0.15) is 5.76 Å². The summed E-state index contributed by atoms with van der Waals surface area (Å²) in [6, 6.07) is 13.9. The molecular formula is C14H12N2O. The molecule has 1 N–H and O–H groups in total. The Labute approximate surface area is 99.1 Å². The second-order valence-electron chi connectivity index (χ2n) is 3.85. The summed E-state index contributed by atoms with van der Waals surface area (Å²) in [5.74, 6) is 0.926. The van der Waals surface area contributed by atoms with Crippen LogP contribution in [0.25, 0.3) is 11.0 Å². The van der Waals surface area contributed by atoms with Crippen molar-refractivity contribution in [3.8, 4) is 0 Å². The van der Waals surface area contributed by atoms with Crippen LogP contribution in [0.3, 0.4) is 0 Å². The van der Waals surface area contributed by atoms with Gasteiger partial charge in [0.05, 0.1) is 12.2 Å². The van der Waals surface area contributed by atoms with Crippen molar-refractivity contribution in [2.75, 3.05) is 5.32 Å². The maximum Gasteiger partial charge on any atom is 0.134 e. The third kappa shape index (κ3) is 2.13. The van der Waals surface area contributed by atoms with Crippen LogP contribution in [-0.4, -0.2) is 4.98 Å². The Balaban J connectivity index is 1.77. The summed E-state index contributed by atoms with van der Waals surface area (Å²) in [5, 5.41) is 4.40. The number of nitrogens with one attached hydrogen (secondary N) is 1. The Morgan fingerprint density at radius 3 is 2.88 bits per heavy atom. The molecule has 3 aromatic rings. The van der Waals surface area contributed by atoms with Crippen LogP contribution in [0, 0.1) is 0 Å². The monoisotopic (exact) mass is 224 g/mol. The number of para-hydroxylation sites is 1. The SMILES string of the molecule is c1cncc(NCc2cc3ccccc3o2)c1. The van der Waals surface area contributed by atoms with Crippen LogP contribution in [0.4, 0.5) is 5.69 Å². The van der Waals surface area contributed by atoms with Crippen LogP contribution in [0.2, 0.25) is 0 Å². The molecule has 17 heavy (non-hydrogen) atoms. The number of hydrogen-bond acceptors (Lipinski definition) is 3. The molecule has 2 aromatic heterocycles. The topological polar surface area (TPSA) is 38.1 Å². The van der Waals surface area contributed by atoms with Crippen molar-refractivity contribution in [3.63, 3.8) is 0 Å². The number of pyridine rings is 1. The van der Waals surface area contributed by atoms with E-state index in [0.29, 0.717) is 6.54 Å². The lowest BCUT2D eigenvalue weighted by molar-refractivity contribution is 0.559. The predicted molar refractivity (Wildman–Crippen MR) is 67.8 cm³/mol. The Kier molecular flexibility index (Phi) is 2.50. The minimum Gasteiger partial charge on any atom is -0.459 e. The van der Waals surface area contributed by atoms with Gasteiger partial charge in [-0.1, -0.05) is 18.2 Å². The minimum absolute atomic E-state index is 0.667. The van der Waals surface area contributed by atoms with Gasteiger partial charge >= 0.3 is 0 Å². The molecule has 0 atom stereocenters. The van der Waals surface area contributed by atoms with Crippen molar-refractivity contribution < 1.29 is 4.42 Å². The van der Waals surface area contributed by atoms with Gasteiger partial charge in [0.25, 0.3) is 0 Å². The average molecular weight is 224 g/mol. The highest BCUT2D eigenvalue weighted by molar-refractivity contribution is 5.77. The quantitative estimate of drug-likeness (QED) is 0.740. The van der Waals surface area contributed by atoms with E-state index in [2.05, 4.69) is 16.4 Å². The molecule has 0 unspecified atom stereocenters. The zero-order chi connectivity index (χ0) is 11.5. The van der Waals surface area contributed by atoms with E-state index in [-0.39, 0.29) is 0 Å². The fourth-order valence-corrected chi connectivity index (χ4v) is 1.78. The normalized spacial score (nSPS) is 10.6. The number of benzene rings is 1. The number of nitrogens with zero attached hydrogens (tertiary/aromatic N) is 1. The van der Waals surface area contributed by atoms with Gasteiger partial charge in [0.1, 0.15) is 11.3 Å². The number of fused-ring (bicyclic) bond motifs is 1. The van der Waals surface area contributed by atoms with Crippen LogP contribution < -0.4 is 5.32 Å². The molecule has 84 valence electrons. The van der Waals surface area contributed by atoms with Gasteiger partial charge < -0.3 is 9.73 Å². The maximum atomic E-state index is 5.71. The van der Waals surface area contributed by atoms with E-state index in [1.54, 1.807) is 12.4 Å². The number of aromatic nitrogens is 1. The van der Waals surface area contributed by atoms with Crippen LogP contribution in [0.15, 0.2) is 59.3 Å². The maximum absolute atomic E-state index is 5.71. The highest BCUT2D eigenvalue weighted by Gasteiger charge is 2.02. The predicted octanol–water partition coefficient (Wildman–Crippen LogP) is 3.44. The van der Waals surface area contributed by atoms with E-state index >= 15 is 0 Å². The molecule has 0 amide bonds. The molecule has 0 fully saturated rings. The Hall–Kier alpha value is -2.29. The van der Waals surface area contributed by atoms with Crippen LogP contribution in [0.5, 0.6) is 0 Å². The summed E-state index contributed by atoms with van der Waals surface area (Å²) < 4.78 is 5.71. The summed E-state index contributed by atoms with van der Waals surface area (Å²) in [4.78, 5) is 4.05. The zero-order valence-corrected chi connectivity index (χ0v) is 9.26. The van der Waals surface area contributed by atoms with Crippen LogP contribution in [-0.2, 0) is 6.54 Å². The molecule has 0 radical (unpaired) electrons. The van der Waals surface area contributed by atoms with Crippen molar-refractivity contribution in [2.45, 2.75) is 6.54 Å². The molecule has 3 nitrogen and oxygen atoms in total. The average Bonchev–Trinajstić information content (AvgIpc) is 2.80. The molecule has 0 bridgehead atoms. The van der Waals surface area contributed by atoms with Gasteiger partial charge in [0, 0.05) is 17.8 Å². The van der Waals surface area contributed by atoms with Gasteiger partial charge in [-0.15, -0.1) is 0 Å². The van der Waals surface area contributed by atoms with E-state index in [0.717, 1.165) is 22.4 Å². The highest BCUT2D eigenvalue weighted by Crippen LogP contribution is 2.19. The highest BCUT2D eigenvalue weighted by atomic mass is 16.3. The van der Waals surface area contributed by atoms with E-state index in [9.17, 15) is 0 Å². The standard InChI is InChI=1S/C14H12N2O/c1-2-6-14-11(4-1)8-13(17-14)10-16-12-5-3-7-15-9-12/h1-9,16H,10H2. The lowest BCUT2D eigenvalue weighted by atomic mass is 10.2. The summed E-state index contributed by atoms with van der Waals surface area (Å²) >= 11 is 0. The molecule has 0 aliphatic carbocycles. The summed E-state index contributed by atoms with van der Waals surface area (Å²) in [5.41, 5.74) is 1.92. The first-order chi connectivity index (χ1) is 8.42. The van der Waals surface area contributed by atoms with Gasteiger partial charge in [0.2, 0.25) is 0 Å². The third-order valence-electron chi connectivity index (χ3n) is 2.60. The van der Waals surface area contributed by atoms with E-state index in [1.807, 2.05) is 36.4 Å². The molecule has 0 saturated carbocycles. The molecule has 0 spiro atoms. The fourth-order valence-electron chi connectivity index (χ4n) is 1.78. The Bertz CT molecular complexity index is 583. The lowest BCUT2D eigenvalue weighted by Gasteiger charge is -2.02. The van der Waals surface area contributed by atoms with Crippen molar-refractivity contribution in [1.29, 1.82) is 0 Å². The van der Waals surface area contributed by atoms with E-state index in [1.165, 1.54) is 0 Å². The number of furan rings is 1. The molecule has 2 heterocycles. The first-order valence-corrected chi connectivity index (χ1v) is 5.53. The number of anilines is 1. The molecule has 3 heteroatoms. The van der Waals surface area contributed by atoms with Gasteiger partial charge in [-0.05, 0) is 24.3 Å². The van der Waals surface area contributed by atoms with Gasteiger partial charge in [-0.25, -0.2) is 0 Å². The van der Waals surface area contributed by atoms with Gasteiger partial charge in [0.15, 0.2) is 0 Å². The Morgan fingerprint density at radius 1 is 1.12 bits per heavy atom. The molecule has 0 aliphatic heterocycles. The van der Waals surface area contributed by atoms with Gasteiger partial charge in [-0.2, -0.15) is 0 Å². The van der Waals surface area contributed by atoms with Gasteiger partial charge in [-0.3, -0.25) is 4.98 Å². The number of hydrogen-bond donors (Lipinski definition) is 1. The molecule has 0 aliphatic rings. The molecular weight excluding hydrogens is 212 g/mol. The smallest absolute Gasteiger partial charge is 0.134 e. The second kappa shape index (κ2) is 4.29. The Morgan fingerprint density at radius 2 is 2.06 bits per heavy atom. The third-order valence-corrected chi connectivity index (χ3v) is 2.60. The molecule has 0 saturated heterocycles. The zero-order valence-electron chi connectivity index (χ0n) is 9.26. The minimum atomic E-state index is 0.667. The van der Waals surface area contributed by atoms with Crippen molar-refractivity contribution >= 4 is 16.7 Å². The lowest BCUT2D eigenvalue weighted by Crippen LogP contribution is -1.97. The largest absolute Gasteiger partial charge is 0.459 e. The van der Waals surface area contributed by atoms with Crippen molar-refractivity contribution in [1.82, 2.24) is 4.98 Å². The van der Waals surface area contributed by atoms with Crippen LogP contribution >= 0.6 is 0 Å². The molecule has 1 aromatic carbocycles. The number of rotatable bonds is 3.